The van der Waals surface area contributed by atoms with Crippen molar-refractivity contribution in [3.8, 4) is 0 Å². The Bertz CT molecular complexity index is 400. The molecule has 0 aliphatic carbocycles. The van der Waals surface area contributed by atoms with Crippen molar-refractivity contribution in [3.05, 3.63) is 0 Å². The molecule has 1 fully saturated rings. The van der Waals surface area contributed by atoms with E-state index in [4.69, 9.17) is 0 Å². The van der Waals surface area contributed by atoms with E-state index in [1.165, 1.54) is 14.0 Å². The fourth-order valence-electron chi connectivity index (χ4n) is 1.87. The Labute approximate surface area is 94.2 Å². The van der Waals surface area contributed by atoms with Crippen molar-refractivity contribution in [3.63, 3.8) is 0 Å². The Morgan fingerprint density at radius 3 is 2.00 bits per heavy atom. The molecule has 1 saturated heterocycles. The van der Waals surface area contributed by atoms with E-state index < -0.39 is 21.3 Å². The summed E-state index contributed by atoms with van der Waals surface area (Å²) in [6, 6.07) is 0. The van der Waals surface area contributed by atoms with E-state index in [1.54, 1.807) is 0 Å². The van der Waals surface area contributed by atoms with Crippen molar-refractivity contribution in [1.82, 2.24) is 4.90 Å². The first-order chi connectivity index (χ1) is 7.21. The Kier molecular flexibility index (Phi) is 3.27. The number of carboxylic acids is 1. The van der Waals surface area contributed by atoms with Crippen LogP contribution in [0, 0.1) is 0 Å². The summed E-state index contributed by atoms with van der Waals surface area (Å²) in [5.41, 5.74) is -1.36. The fraction of sp³-hybridized carbons (Fsp3) is 0.778. The maximum Gasteiger partial charge on any atom is 0.329 e. The minimum atomic E-state index is -3.15. The first kappa shape index (κ1) is 13.0. The number of sulfone groups is 1. The molecule has 0 radical (unpaired) electrons. The summed E-state index contributed by atoms with van der Waals surface area (Å²) in [5.74, 6) is -1.88. The van der Waals surface area contributed by atoms with E-state index in [-0.39, 0.29) is 30.3 Å². The van der Waals surface area contributed by atoms with Crippen molar-refractivity contribution in [1.29, 1.82) is 0 Å². The standard InChI is InChI=1S/C9H15NO5S/c1-7(11)10(2)9(8(12)13)3-5-16(14,15)6-4-9/h3-6H2,1-2H3,(H,12,13). The highest BCUT2D eigenvalue weighted by molar-refractivity contribution is 7.91. The maximum atomic E-state index is 11.3. The minimum absolute atomic E-state index is 0.0409. The Balaban J connectivity index is 3.02. The molecular formula is C9H15NO5S. The number of rotatable bonds is 2. The lowest BCUT2D eigenvalue weighted by Crippen LogP contribution is -2.58. The molecule has 1 amide bonds. The number of nitrogens with zero attached hydrogens (tertiary/aromatic N) is 1. The van der Waals surface area contributed by atoms with Crippen molar-refractivity contribution in [2.75, 3.05) is 18.6 Å². The molecule has 0 spiro atoms. The van der Waals surface area contributed by atoms with Crippen molar-refractivity contribution in [2.45, 2.75) is 25.3 Å². The molecule has 0 bridgehead atoms. The van der Waals surface area contributed by atoms with Gasteiger partial charge in [-0.15, -0.1) is 0 Å². The number of amides is 1. The molecule has 1 N–H and O–H groups in total. The molecule has 1 heterocycles. The van der Waals surface area contributed by atoms with Gasteiger partial charge in [0, 0.05) is 14.0 Å². The van der Waals surface area contributed by atoms with E-state index in [0.717, 1.165) is 4.90 Å². The summed E-state index contributed by atoms with van der Waals surface area (Å²) in [4.78, 5) is 23.6. The quantitative estimate of drug-likeness (QED) is 0.712. The number of hydrogen-bond acceptors (Lipinski definition) is 4. The van der Waals surface area contributed by atoms with Gasteiger partial charge in [0.2, 0.25) is 5.91 Å². The van der Waals surface area contributed by atoms with Crippen LogP contribution in [-0.4, -0.2) is 54.4 Å². The second-order valence-corrected chi connectivity index (χ2v) is 6.37. The molecule has 0 saturated carbocycles. The van der Waals surface area contributed by atoms with Crippen molar-refractivity contribution < 1.29 is 23.1 Å². The van der Waals surface area contributed by atoms with Gasteiger partial charge in [-0.3, -0.25) is 4.79 Å². The molecule has 1 aliphatic heterocycles. The summed E-state index contributed by atoms with van der Waals surface area (Å²) < 4.78 is 22.5. The zero-order chi connectivity index (χ0) is 12.6. The van der Waals surface area contributed by atoms with Crippen LogP contribution in [0.4, 0.5) is 0 Å². The third-order valence-corrected chi connectivity index (χ3v) is 4.82. The minimum Gasteiger partial charge on any atom is -0.479 e. The zero-order valence-corrected chi connectivity index (χ0v) is 10.1. The average Bonchev–Trinajstić information content (AvgIpc) is 2.16. The Hall–Kier alpha value is -1.11. The molecule has 16 heavy (non-hydrogen) atoms. The first-order valence-electron chi connectivity index (χ1n) is 4.89. The van der Waals surface area contributed by atoms with Crippen LogP contribution in [0.25, 0.3) is 0 Å². The third kappa shape index (κ3) is 2.18. The van der Waals surface area contributed by atoms with E-state index in [0.29, 0.717) is 0 Å². The number of carboxylic acid groups (broad SMARTS) is 1. The van der Waals surface area contributed by atoms with E-state index in [9.17, 15) is 23.1 Å². The van der Waals surface area contributed by atoms with Crippen LogP contribution < -0.4 is 0 Å². The molecular weight excluding hydrogens is 234 g/mol. The molecule has 6 nitrogen and oxygen atoms in total. The zero-order valence-electron chi connectivity index (χ0n) is 9.26. The SMILES string of the molecule is CC(=O)N(C)C1(C(=O)O)CCS(=O)(=O)CC1. The van der Waals surface area contributed by atoms with Crippen LogP contribution in [-0.2, 0) is 19.4 Å². The van der Waals surface area contributed by atoms with Crippen molar-refractivity contribution in [2.24, 2.45) is 0 Å². The molecule has 0 aromatic carbocycles. The summed E-state index contributed by atoms with van der Waals surface area (Å²) in [5, 5.41) is 9.19. The van der Waals surface area contributed by atoms with Gasteiger partial charge in [0.25, 0.3) is 0 Å². The van der Waals surface area contributed by atoms with Crippen LogP contribution in [0.15, 0.2) is 0 Å². The van der Waals surface area contributed by atoms with Crippen LogP contribution in [0.1, 0.15) is 19.8 Å². The molecule has 0 unspecified atom stereocenters. The fourth-order valence-corrected chi connectivity index (χ4v) is 3.37. The largest absolute Gasteiger partial charge is 0.479 e. The number of likely N-dealkylation sites (N-methyl/N-ethyl adjacent to an activating group) is 1. The molecule has 1 rings (SSSR count). The Morgan fingerprint density at radius 1 is 1.25 bits per heavy atom. The van der Waals surface area contributed by atoms with E-state index in [2.05, 4.69) is 0 Å². The van der Waals surface area contributed by atoms with Gasteiger partial charge in [0.05, 0.1) is 11.5 Å². The first-order valence-corrected chi connectivity index (χ1v) is 6.72. The Morgan fingerprint density at radius 2 is 1.69 bits per heavy atom. The van der Waals surface area contributed by atoms with Gasteiger partial charge in [-0.1, -0.05) is 0 Å². The topological polar surface area (TPSA) is 91.8 Å². The van der Waals surface area contributed by atoms with Gasteiger partial charge in [0.1, 0.15) is 5.54 Å². The predicted molar refractivity (Wildman–Crippen MR) is 56.7 cm³/mol. The second kappa shape index (κ2) is 4.04. The highest BCUT2D eigenvalue weighted by atomic mass is 32.2. The maximum absolute atomic E-state index is 11.3. The summed E-state index contributed by atoms with van der Waals surface area (Å²) in [7, 11) is -1.75. The average molecular weight is 249 g/mol. The lowest BCUT2D eigenvalue weighted by atomic mass is 9.90. The van der Waals surface area contributed by atoms with Gasteiger partial charge >= 0.3 is 5.97 Å². The highest BCUT2D eigenvalue weighted by Crippen LogP contribution is 2.29. The van der Waals surface area contributed by atoms with Crippen LogP contribution in [0.3, 0.4) is 0 Å². The number of carbonyl (C=O) groups is 2. The molecule has 0 aromatic heterocycles. The number of hydrogen-bond donors (Lipinski definition) is 1. The van der Waals surface area contributed by atoms with Gasteiger partial charge < -0.3 is 10.0 Å². The van der Waals surface area contributed by atoms with Gasteiger partial charge in [-0.2, -0.15) is 0 Å². The number of aliphatic carboxylic acids is 1. The number of carbonyl (C=O) groups excluding carboxylic acids is 1. The molecule has 7 heteroatoms. The summed E-state index contributed by atoms with van der Waals surface area (Å²) in [6.45, 7) is 1.27. The van der Waals surface area contributed by atoms with Crippen molar-refractivity contribution >= 4 is 21.7 Å². The highest BCUT2D eigenvalue weighted by Gasteiger charge is 2.47. The van der Waals surface area contributed by atoms with Crippen LogP contribution in [0.5, 0.6) is 0 Å². The molecule has 0 aromatic rings. The monoisotopic (exact) mass is 249 g/mol. The summed E-state index contributed by atoms with van der Waals surface area (Å²) in [6.07, 6.45) is -0.0819. The summed E-state index contributed by atoms with van der Waals surface area (Å²) >= 11 is 0. The predicted octanol–water partition coefficient (Wildman–Crippen LogP) is -0.503. The smallest absolute Gasteiger partial charge is 0.329 e. The molecule has 92 valence electrons. The third-order valence-electron chi connectivity index (χ3n) is 3.17. The molecule has 0 atom stereocenters. The lowest BCUT2D eigenvalue weighted by molar-refractivity contribution is -0.157. The second-order valence-electron chi connectivity index (χ2n) is 4.07. The lowest BCUT2D eigenvalue weighted by Gasteiger charge is -2.40. The van der Waals surface area contributed by atoms with Gasteiger partial charge in [-0.05, 0) is 12.8 Å². The van der Waals surface area contributed by atoms with Crippen LogP contribution in [0.2, 0.25) is 0 Å². The van der Waals surface area contributed by atoms with Gasteiger partial charge in [0.15, 0.2) is 9.84 Å². The van der Waals surface area contributed by atoms with Gasteiger partial charge in [-0.25, -0.2) is 13.2 Å². The normalized spacial score (nSPS) is 22.4. The van der Waals surface area contributed by atoms with E-state index in [1.807, 2.05) is 0 Å². The van der Waals surface area contributed by atoms with Crippen LogP contribution >= 0.6 is 0 Å². The van der Waals surface area contributed by atoms with E-state index >= 15 is 0 Å². The molecule has 1 aliphatic rings.